The van der Waals surface area contributed by atoms with Crippen LogP contribution in [0.1, 0.15) is 41.8 Å². The third-order valence-electron chi connectivity index (χ3n) is 6.50. The number of thiazole rings is 1. The van der Waals surface area contributed by atoms with Crippen molar-refractivity contribution in [2.75, 3.05) is 11.9 Å². The van der Waals surface area contributed by atoms with E-state index in [0.717, 1.165) is 59.4 Å². The van der Waals surface area contributed by atoms with E-state index in [1.165, 1.54) is 11.8 Å². The summed E-state index contributed by atoms with van der Waals surface area (Å²) in [5.41, 5.74) is 3.60. The van der Waals surface area contributed by atoms with Gasteiger partial charge in [0.1, 0.15) is 17.7 Å². The number of halogens is 2. The Bertz CT molecular complexity index is 1440. The minimum absolute atomic E-state index is 0.128. The molecule has 2 atom stereocenters. The zero-order valence-electron chi connectivity index (χ0n) is 20.1. The topological polar surface area (TPSA) is 95.7 Å². The second-order valence-corrected chi connectivity index (χ2v) is 10.3. The van der Waals surface area contributed by atoms with E-state index in [-0.39, 0.29) is 24.5 Å². The molecule has 7 nitrogen and oxygen atoms in total. The lowest BCUT2D eigenvalue weighted by molar-refractivity contribution is -0.125. The van der Waals surface area contributed by atoms with Crippen LogP contribution in [0.4, 0.5) is 14.5 Å². The van der Waals surface area contributed by atoms with E-state index in [2.05, 4.69) is 15.0 Å². The largest absolute Gasteiger partial charge is 0.396 e. The van der Waals surface area contributed by atoms with Gasteiger partial charge in [0.15, 0.2) is 4.96 Å². The van der Waals surface area contributed by atoms with E-state index in [1.54, 1.807) is 23.5 Å². The molecule has 0 fully saturated rings. The first kappa shape index (κ1) is 25.0. The Balaban J connectivity index is 1.21. The maximum atomic E-state index is 13.3. The third kappa shape index (κ3) is 5.40. The smallest absolute Gasteiger partial charge is 0.246 e. The van der Waals surface area contributed by atoms with Crippen LogP contribution in [0.25, 0.3) is 16.2 Å². The number of fused-ring (bicyclic) bond motifs is 3. The molecule has 0 spiro atoms. The molecular formula is C27H26F2N4O3S. The van der Waals surface area contributed by atoms with Crippen molar-refractivity contribution < 1.29 is 23.5 Å². The summed E-state index contributed by atoms with van der Waals surface area (Å²) in [5, 5.41) is 15.1. The molecular weight excluding hydrogens is 498 g/mol. The van der Waals surface area contributed by atoms with Gasteiger partial charge in [0, 0.05) is 40.0 Å². The van der Waals surface area contributed by atoms with Crippen LogP contribution >= 0.6 is 11.3 Å². The molecule has 0 bridgehead atoms. The van der Waals surface area contributed by atoms with Crippen molar-refractivity contribution in [3.05, 3.63) is 76.4 Å². The number of aryl methyl sites for hydroxylation is 1. The van der Waals surface area contributed by atoms with Crippen molar-refractivity contribution in [3.63, 3.8) is 0 Å². The quantitative estimate of drug-likeness (QED) is 0.333. The van der Waals surface area contributed by atoms with Crippen molar-refractivity contribution in [1.82, 2.24) is 14.7 Å². The van der Waals surface area contributed by atoms with Crippen LogP contribution in [0.3, 0.4) is 0 Å². The number of benzene rings is 2. The number of hydrogen-bond donors (Lipinski definition) is 3. The fourth-order valence-electron chi connectivity index (χ4n) is 4.70. The summed E-state index contributed by atoms with van der Waals surface area (Å²) in [6.45, 7) is 1.66. The second-order valence-electron chi connectivity index (χ2n) is 9.27. The first-order valence-corrected chi connectivity index (χ1v) is 12.9. The minimum Gasteiger partial charge on any atom is -0.396 e. The van der Waals surface area contributed by atoms with Crippen molar-refractivity contribution in [2.24, 2.45) is 0 Å². The summed E-state index contributed by atoms with van der Waals surface area (Å²) in [4.78, 5) is 31.8. The van der Waals surface area contributed by atoms with E-state index in [9.17, 15) is 23.5 Å². The summed E-state index contributed by atoms with van der Waals surface area (Å²) in [7, 11) is 0. The SMILES string of the molecule is C[C@H](NC(=O)Cc1cc(F)cc(F)c1)C(=O)Nc1ccc(-c2cn3c4c(sc3n2)CCCC4CO)cc1. The van der Waals surface area contributed by atoms with Gasteiger partial charge in [-0.15, -0.1) is 11.3 Å². The van der Waals surface area contributed by atoms with Gasteiger partial charge in [-0.3, -0.25) is 14.0 Å². The van der Waals surface area contributed by atoms with Crippen LogP contribution in [0, 0.1) is 11.6 Å². The molecule has 5 rings (SSSR count). The van der Waals surface area contributed by atoms with Crippen molar-refractivity contribution >= 4 is 33.8 Å². The van der Waals surface area contributed by atoms with Gasteiger partial charge in [-0.2, -0.15) is 0 Å². The van der Waals surface area contributed by atoms with Crippen molar-refractivity contribution in [2.45, 2.75) is 44.6 Å². The Hall–Kier alpha value is -3.63. The zero-order chi connectivity index (χ0) is 26.1. The van der Waals surface area contributed by atoms with Gasteiger partial charge in [0.2, 0.25) is 11.8 Å². The van der Waals surface area contributed by atoms with Gasteiger partial charge in [0.25, 0.3) is 0 Å². The average molecular weight is 525 g/mol. The van der Waals surface area contributed by atoms with Crippen LogP contribution in [0.15, 0.2) is 48.7 Å². The van der Waals surface area contributed by atoms with Gasteiger partial charge < -0.3 is 15.7 Å². The van der Waals surface area contributed by atoms with Crippen LogP contribution in [-0.4, -0.2) is 39.0 Å². The summed E-state index contributed by atoms with van der Waals surface area (Å²) < 4.78 is 28.8. The van der Waals surface area contributed by atoms with Crippen LogP contribution in [0.2, 0.25) is 0 Å². The molecule has 3 N–H and O–H groups in total. The number of rotatable bonds is 7. The van der Waals surface area contributed by atoms with Crippen LogP contribution in [-0.2, 0) is 22.4 Å². The highest BCUT2D eigenvalue weighted by Gasteiger charge is 2.26. The average Bonchev–Trinajstić information content (AvgIpc) is 3.41. The molecule has 1 unspecified atom stereocenters. The van der Waals surface area contributed by atoms with Crippen molar-refractivity contribution in [3.8, 4) is 11.3 Å². The molecule has 2 aromatic carbocycles. The number of aliphatic hydroxyl groups excluding tert-OH is 1. The molecule has 0 aliphatic heterocycles. The Morgan fingerprint density at radius 1 is 1.19 bits per heavy atom. The fraction of sp³-hybridized carbons (Fsp3) is 0.296. The number of nitrogens with one attached hydrogen (secondary N) is 2. The molecule has 0 saturated carbocycles. The number of aliphatic hydroxyl groups is 1. The standard InChI is InChI=1S/C27H26F2N4O3S/c1-15(30-24(35)11-16-9-19(28)12-20(29)10-16)26(36)31-21-7-5-17(6-8-21)22-13-33-25-18(14-34)3-2-4-23(25)37-27(33)32-22/h5-10,12-13,15,18,34H,2-4,11,14H2,1H3,(H,30,35)(H,31,36)/t15-,18?/m0/s1. The van der Waals surface area contributed by atoms with E-state index < -0.39 is 29.5 Å². The van der Waals surface area contributed by atoms with Gasteiger partial charge in [-0.25, -0.2) is 13.8 Å². The minimum atomic E-state index is -0.851. The number of carbonyl (C=O) groups is 2. The zero-order valence-corrected chi connectivity index (χ0v) is 20.9. The molecule has 10 heteroatoms. The molecule has 1 aliphatic rings. The Kier molecular flexibility index (Phi) is 7.03. The normalized spacial score (nSPS) is 15.8. The Morgan fingerprint density at radius 3 is 2.62 bits per heavy atom. The number of amides is 2. The van der Waals surface area contributed by atoms with Gasteiger partial charge >= 0.3 is 0 Å². The monoisotopic (exact) mass is 524 g/mol. The predicted molar refractivity (Wildman–Crippen MR) is 138 cm³/mol. The lowest BCUT2D eigenvalue weighted by atomic mass is 9.91. The first-order chi connectivity index (χ1) is 17.8. The maximum absolute atomic E-state index is 13.3. The lowest BCUT2D eigenvalue weighted by Gasteiger charge is -2.20. The Labute approximate surface area is 216 Å². The molecule has 1 aliphatic carbocycles. The highest BCUT2D eigenvalue weighted by Crippen LogP contribution is 2.38. The number of aromatic nitrogens is 2. The first-order valence-electron chi connectivity index (χ1n) is 12.1. The second kappa shape index (κ2) is 10.4. The lowest BCUT2D eigenvalue weighted by Crippen LogP contribution is -2.42. The fourth-order valence-corrected chi connectivity index (χ4v) is 5.93. The molecule has 2 amide bonds. The van der Waals surface area contributed by atoms with Crippen LogP contribution in [0.5, 0.6) is 0 Å². The molecule has 0 saturated heterocycles. The highest BCUT2D eigenvalue weighted by atomic mass is 32.1. The van der Waals surface area contributed by atoms with Crippen LogP contribution < -0.4 is 10.6 Å². The Morgan fingerprint density at radius 2 is 1.92 bits per heavy atom. The predicted octanol–water partition coefficient (Wildman–Crippen LogP) is 4.44. The molecule has 192 valence electrons. The third-order valence-corrected chi connectivity index (χ3v) is 7.63. The molecule has 2 aromatic heterocycles. The maximum Gasteiger partial charge on any atom is 0.246 e. The number of imidazole rings is 1. The molecule has 4 aromatic rings. The molecule has 0 radical (unpaired) electrons. The number of carbonyl (C=O) groups excluding carboxylic acids is 2. The number of hydrogen-bond acceptors (Lipinski definition) is 5. The van der Waals surface area contributed by atoms with Gasteiger partial charge in [0.05, 0.1) is 18.7 Å². The summed E-state index contributed by atoms with van der Waals surface area (Å²) in [5.74, 6) is -2.33. The van der Waals surface area contributed by atoms with E-state index in [0.29, 0.717) is 5.69 Å². The van der Waals surface area contributed by atoms with Crippen molar-refractivity contribution in [1.29, 1.82) is 0 Å². The molecule has 37 heavy (non-hydrogen) atoms. The van der Waals surface area contributed by atoms with E-state index >= 15 is 0 Å². The summed E-state index contributed by atoms with van der Waals surface area (Å²) in [6, 6.07) is 9.29. The highest BCUT2D eigenvalue weighted by molar-refractivity contribution is 7.17. The summed E-state index contributed by atoms with van der Waals surface area (Å²) in [6.07, 6.45) is 4.82. The van der Waals surface area contributed by atoms with E-state index in [4.69, 9.17) is 4.98 Å². The number of nitrogens with zero attached hydrogens (tertiary/aromatic N) is 2. The van der Waals surface area contributed by atoms with Gasteiger partial charge in [-0.1, -0.05) is 12.1 Å². The number of anilines is 1. The summed E-state index contributed by atoms with van der Waals surface area (Å²) >= 11 is 1.67. The van der Waals surface area contributed by atoms with E-state index in [1.807, 2.05) is 18.3 Å². The van der Waals surface area contributed by atoms with Gasteiger partial charge in [-0.05, 0) is 56.0 Å². The molecule has 2 heterocycles.